The molecule has 3 aromatic rings. The summed E-state index contributed by atoms with van der Waals surface area (Å²) in [4.78, 5) is 15.2. The summed E-state index contributed by atoms with van der Waals surface area (Å²) in [5, 5.41) is 2.94. The number of hydrogen-bond acceptors (Lipinski definition) is 3. The SMILES string of the molecule is Cc1ccc(C)c(S(=O)(=O)NCCNC(=O)c2cc3c(F)cccc3[nH]2)c1. The lowest BCUT2D eigenvalue weighted by molar-refractivity contribution is 0.0950. The van der Waals surface area contributed by atoms with Crippen LogP contribution in [0.4, 0.5) is 4.39 Å². The number of rotatable bonds is 6. The standard InChI is InChI=1S/C19H20FN3O3S/c1-12-6-7-13(2)18(10-12)27(25,26)22-9-8-21-19(24)17-11-14-15(20)4-3-5-16(14)23-17/h3-7,10-11,22-23H,8-9H2,1-2H3,(H,21,24). The molecule has 1 heterocycles. The maximum Gasteiger partial charge on any atom is 0.267 e. The molecule has 1 aromatic heterocycles. The van der Waals surface area contributed by atoms with Gasteiger partial charge in [0.15, 0.2) is 0 Å². The minimum atomic E-state index is -3.66. The number of hydrogen-bond donors (Lipinski definition) is 3. The van der Waals surface area contributed by atoms with E-state index in [9.17, 15) is 17.6 Å². The molecule has 0 spiro atoms. The minimum absolute atomic E-state index is 0.0377. The van der Waals surface area contributed by atoms with Gasteiger partial charge < -0.3 is 10.3 Å². The van der Waals surface area contributed by atoms with E-state index >= 15 is 0 Å². The van der Waals surface area contributed by atoms with Crippen LogP contribution in [0, 0.1) is 19.7 Å². The van der Waals surface area contributed by atoms with E-state index in [-0.39, 0.29) is 23.7 Å². The molecule has 0 atom stereocenters. The number of aromatic nitrogens is 1. The number of carbonyl (C=O) groups excluding carboxylic acids is 1. The van der Waals surface area contributed by atoms with Crippen molar-refractivity contribution in [2.24, 2.45) is 0 Å². The van der Waals surface area contributed by atoms with E-state index in [0.29, 0.717) is 16.5 Å². The van der Waals surface area contributed by atoms with Crippen LogP contribution in [-0.2, 0) is 10.0 Å². The van der Waals surface area contributed by atoms with E-state index < -0.39 is 21.7 Å². The Labute approximate surface area is 156 Å². The summed E-state index contributed by atoms with van der Waals surface area (Å²) >= 11 is 0. The summed E-state index contributed by atoms with van der Waals surface area (Å²) in [6.07, 6.45) is 0. The number of aryl methyl sites for hydroxylation is 2. The van der Waals surface area contributed by atoms with Gasteiger partial charge in [0.05, 0.1) is 4.90 Å². The molecule has 8 heteroatoms. The Morgan fingerprint density at radius 3 is 2.63 bits per heavy atom. The molecule has 1 amide bonds. The highest BCUT2D eigenvalue weighted by Gasteiger charge is 2.17. The summed E-state index contributed by atoms with van der Waals surface area (Å²) in [5.74, 6) is -0.847. The van der Waals surface area contributed by atoms with Crippen LogP contribution < -0.4 is 10.0 Å². The van der Waals surface area contributed by atoms with Crippen molar-refractivity contribution in [2.45, 2.75) is 18.7 Å². The van der Waals surface area contributed by atoms with Gasteiger partial charge in [0.2, 0.25) is 10.0 Å². The summed E-state index contributed by atoms with van der Waals surface area (Å²) in [6, 6.07) is 11.2. The van der Waals surface area contributed by atoms with Crippen molar-refractivity contribution >= 4 is 26.8 Å². The first-order chi connectivity index (χ1) is 12.8. The molecule has 6 nitrogen and oxygen atoms in total. The predicted molar refractivity (Wildman–Crippen MR) is 102 cm³/mol. The van der Waals surface area contributed by atoms with Gasteiger partial charge in [-0.2, -0.15) is 0 Å². The molecule has 0 unspecified atom stereocenters. The highest BCUT2D eigenvalue weighted by molar-refractivity contribution is 7.89. The maximum absolute atomic E-state index is 13.7. The van der Waals surface area contributed by atoms with Gasteiger partial charge >= 0.3 is 0 Å². The summed E-state index contributed by atoms with van der Waals surface area (Å²) in [7, 11) is -3.66. The Morgan fingerprint density at radius 2 is 1.89 bits per heavy atom. The van der Waals surface area contributed by atoms with E-state index in [1.54, 1.807) is 31.2 Å². The second-order valence-electron chi connectivity index (χ2n) is 6.31. The first-order valence-electron chi connectivity index (χ1n) is 8.40. The zero-order chi connectivity index (χ0) is 19.6. The second-order valence-corrected chi connectivity index (χ2v) is 8.04. The van der Waals surface area contributed by atoms with Crippen molar-refractivity contribution in [3.63, 3.8) is 0 Å². The smallest absolute Gasteiger partial charge is 0.267 e. The first-order valence-corrected chi connectivity index (χ1v) is 9.88. The van der Waals surface area contributed by atoms with Gasteiger partial charge in [-0.05, 0) is 49.2 Å². The van der Waals surface area contributed by atoms with Gasteiger partial charge in [-0.1, -0.05) is 18.2 Å². The number of sulfonamides is 1. The monoisotopic (exact) mass is 389 g/mol. The van der Waals surface area contributed by atoms with E-state index in [1.165, 1.54) is 12.1 Å². The summed E-state index contributed by atoms with van der Waals surface area (Å²) < 4.78 is 41.0. The fraction of sp³-hybridized carbons (Fsp3) is 0.211. The number of carbonyl (C=O) groups is 1. The third kappa shape index (κ3) is 4.17. The molecular weight excluding hydrogens is 369 g/mol. The zero-order valence-electron chi connectivity index (χ0n) is 15.0. The van der Waals surface area contributed by atoms with Crippen molar-refractivity contribution in [3.05, 3.63) is 65.1 Å². The molecule has 0 saturated carbocycles. The Kier molecular flexibility index (Phi) is 5.29. The summed E-state index contributed by atoms with van der Waals surface area (Å²) in [5.41, 5.74) is 2.24. The average Bonchev–Trinajstić information content (AvgIpc) is 3.06. The van der Waals surface area contributed by atoms with Crippen LogP contribution in [0.5, 0.6) is 0 Å². The van der Waals surface area contributed by atoms with E-state index in [0.717, 1.165) is 5.56 Å². The quantitative estimate of drug-likeness (QED) is 0.566. The molecule has 142 valence electrons. The number of nitrogens with one attached hydrogen (secondary N) is 3. The molecule has 0 bridgehead atoms. The predicted octanol–water partition coefficient (Wildman–Crippen LogP) is 2.63. The number of aromatic amines is 1. The fourth-order valence-corrected chi connectivity index (χ4v) is 4.13. The molecule has 0 fully saturated rings. The van der Waals surface area contributed by atoms with Crippen LogP contribution in [0.25, 0.3) is 10.9 Å². The number of halogens is 1. The molecule has 3 N–H and O–H groups in total. The van der Waals surface area contributed by atoms with Gasteiger partial charge in [-0.25, -0.2) is 17.5 Å². The Hall–Kier alpha value is -2.71. The molecule has 0 radical (unpaired) electrons. The van der Waals surface area contributed by atoms with Crippen LogP contribution in [0.15, 0.2) is 47.4 Å². The Bertz CT molecular complexity index is 1110. The molecule has 0 saturated heterocycles. The molecule has 2 aromatic carbocycles. The van der Waals surface area contributed by atoms with E-state index in [2.05, 4.69) is 15.0 Å². The van der Waals surface area contributed by atoms with Crippen molar-refractivity contribution in [1.82, 2.24) is 15.0 Å². The Balaban J connectivity index is 1.60. The molecule has 3 rings (SSSR count). The van der Waals surface area contributed by atoms with Gasteiger partial charge in [0.25, 0.3) is 5.91 Å². The van der Waals surface area contributed by atoms with Crippen LogP contribution in [0.2, 0.25) is 0 Å². The largest absolute Gasteiger partial charge is 0.350 e. The number of amides is 1. The molecule has 0 aliphatic rings. The number of benzene rings is 2. The van der Waals surface area contributed by atoms with Crippen molar-refractivity contribution in [2.75, 3.05) is 13.1 Å². The lowest BCUT2D eigenvalue weighted by Gasteiger charge is -2.10. The highest BCUT2D eigenvalue weighted by Crippen LogP contribution is 2.18. The highest BCUT2D eigenvalue weighted by atomic mass is 32.2. The van der Waals surface area contributed by atoms with Crippen LogP contribution in [0.1, 0.15) is 21.6 Å². The lowest BCUT2D eigenvalue weighted by Crippen LogP contribution is -2.35. The van der Waals surface area contributed by atoms with Gasteiger partial charge in [0, 0.05) is 24.0 Å². The molecule has 0 aliphatic heterocycles. The van der Waals surface area contributed by atoms with E-state index in [1.807, 2.05) is 13.0 Å². The molecule has 0 aliphatic carbocycles. The topological polar surface area (TPSA) is 91.1 Å². The van der Waals surface area contributed by atoms with Crippen LogP contribution in [-0.4, -0.2) is 32.4 Å². The van der Waals surface area contributed by atoms with Gasteiger partial charge in [0.1, 0.15) is 11.5 Å². The maximum atomic E-state index is 13.7. The van der Waals surface area contributed by atoms with Gasteiger partial charge in [-0.15, -0.1) is 0 Å². The fourth-order valence-electron chi connectivity index (χ4n) is 2.77. The molecular formula is C19H20FN3O3S. The Morgan fingerprint density at radius 1 is 1.11 bits per heavy atom. The van der Waals surface area contributed by atoms with E-state index in [4.69, 9.17) is 0 Å². The van der Waals surface area contributed by atoms with Crippen molar-refractivity contribution in [1.29, 1.82) is 0 Å². The van der Waals surface area contributed by atoms with Crippen molar-refractivity contribution < 1.29 is 17.6 Å². The zero-order valence-corrected chi connectivity index (χ0v) is 15.8. The number of fused-ring (bicyclic) bond motifs is 1. The second kappa shape index (κ2) is 7.50. The summed E-state index contributed by atoms with van der Waals surface area (Å²) in [6.45, 7) is 3.68. The molecule has 27 heavy (non-hydrogen) atoms. The number of H-pyrrole nitrogens is 1. The third-order valence-electron chi connectivity index (χ3n) is 4.19. The van der Waals surface area contributed by atoms with Crippen molar-refractivity contribution in [3.8, 4) is 0 Å². The van der Waals surface area contributed by atoms with Crippen LogP contribution >= 0.6 is 0 Å². The third-order valence-corrected chi connectivity index (χ3v) is 5.79. The van der Waals surface area contributed by atoms with Crippen LogP contribution in [0.3, 0.4) is 0 Å². The first kappa shape index (κ1) is 19.1. The lowest BCUT2D eigenvalue weighted by atomic mass is 10.2. The van der Waals surface area contributed by atoms with Gasteiger partial charge in [-0.3, -0.25) is 4.79 Å². The normalized spacial score (nSPS) is 11.7. The average molecular weight is 389 g/mol. The minimum Gasteiger partial charge on any atom is -0.350 e.